The summed E-state index contributed by atoms with van der Waals surface area (Å²) in [6.45, 7) is 2.96. The van der Waals surface area contributed by atoms with Crippen LogP contribution in [0.5, 0.6) is 0 Å². The first-order chi connectivity index (χ1) is 12.1. The van der Waals surface area contributed by atoms with Gasteiger partial charge in [0, 0.05) is 12.3 Å². The van der Waals surface area contributed by atoms with Crippen LogP contribution in [0.2, 0.25) is 0 Å². The largest absolute Gasteiger partial charge is 0.462 e. The quantitative estimate of drug-likeness (QED) is 0.404. The van der Waals surface area contributed by atoms with Crippen molar-refractivity contribution in [1.82, 2.24) is 9.55 Å². The van der Waals surface area contributed by atoms with Crippen LogP contribution in [-0.2, 0) is 20.0 Å². The van der Waals surface area contributed by atoms with Crippen LogP contribution in [0.4, 0.5) is 0 Å². The Hall–Kier alpha value is -2.52. The van der Waals surface area contributed by atoms with E-state index in [-0.39, 0.29) is 5.92 Å². The fourth-order valence-electron chi connectivity index (χ4n) is 2.49. The van der Waals surface area contributed by atoms with Gasteiger partial charge in [-0.15, -0.1) is 0 Å². The van der Waals surface area contributed by atoms with Gasteiger partial charge in [-0.05, 0) is 5.92 Å². The van der Waals surface area contributed by atoms with Gasteiger partial charge in [0.15, 0.2) is 0 Å². The number of nitriles is 1. The molecule has 0 spiro atoms. The lowest BCUT2D eigenvalue weighted by atomic mass is 10.0. The lowest BCUT2D eigenvalue weighted by Crippen LogP contribution is -2.50. The Morgan fingerprint density at radius 2 is 2.19 bits per heavy atom. The van der Waals surface area contributed by atoms with E-state index in [1.807, 2.05) is 4.98 Å². The van der Waals surface area contributed by atoms with E-state index in [9.17, 15) is 29.9 Å². The molecule has 11 nitrogen and oxygen atoms in total. The molecule has 0 saturated carbocycles. The van der Waals surface area contributed by atoms with Gasteiger partial charge in [0.2, 0.25) is 0 Å². The topological polar surface area (TPSA) is 181 Å². The number of esters is 1. The summed E-state index contributed by atoms with van der Waals surface area (Å²) >= 11 is 0. The van der Waals surface area contributed by atoms with Gasteiger partial charge in [-0.2, -0.15) is 5.26 Å². The molecule has 1 fully saturated rings. The third-order valence-electron chi connectivity index (χ3n) is 4.16. The summed E-state index contributed by atoms with van der Waals surface area (Å²) in [5.74, 6) is -0.915. The molecule has 5 N–H and O–H groups in total. The molecule has 0 aromatic carbocycles. The van der Waals surface area contributed by atoms with E-state index in [4.69, 9.17) is 15.2 Å². The average Bonchev–Trinajstić information content (AvgIpc) is 2.84. The monoisotopic (exact) mass is 368 g/mol. The Morgan fingerprint density at radius 3 is 2.73 bits per heavy atom. The van der Waals surface area contributed by atoms with Crippen LogP contribution in [0.15, 0.2) is 21.9 Å². The van der Waals surface area contributed by atoms with Crippen molar-refractivity contribution in [3.63, 3.8) is 0 Å². The Labute approximate surface area is 147 Å². The number of hydrogen-bond acceptors (Lipinski definition) is 9. The zero-order valence-corrected chi connectivity index (χ0v) is 14.2. The number of aliphatic hydroxyl groups is 2. The van der Waals surface area contributed by atoms with Crippen molar-refractivity contribution in [2.45, 2.75) is 43.9 Å². The number of hydrogen-bond donors (Lipinski definition) is 4. The van der Waals surface area contributed by atoms with E-state index in [0.717, 1.165) is 12.3 Å². The first kappa shape index (κ1) is 19.8. The van der Waals surface area contributed by atoms with Crippen LogP contribution in [0.3, 0.4) is 0 Å². The van der Waals surface area contributed by atoms with E-state index in [0.29, 0.717) is 4.57 Å². The molecule has 0 amide bonds. The van der Waals surface area contributed by atoms with Gasteiger partial charge in [-0.1, -0.05) is 13.8 Å². The highest BCUT2D eigenvalue weighted by Crippen LogP contribution is 2.34. The summed E-state index contributed by atoms with van der Waals surface area (Å²) in [5.41, 5.74) is 1.64. The van der Waals surface area contributed by atoms with Crippen LogP contribution < -0.4 is 17.0 Å². The molecular weight excluding hydrogens is 348 g/mol. The molecule has 0 aliphatic carbocycles. The second-order valence-corrected chi connectivity index (χ2v) is 6.28. The molecule has 1 aliphatic heterocycles. The third kappa shape index (κ3) is 3.40. The summed E-state index contributed by atoms with van der Waals surface area (Å²) in [7, 11) is 0. The Morgan fingerprint density at radius 1 is 1.54 bits per heavy atom. The smallest absolute Gasteiger partial charge is 0.331 e. The number of nitrogens with one attached hydrogen (secondary N) is 1. The normalized spacial score (nSPS) is 29.3. The number of nitrogens with zero attached hydrogens (tertiary/aromatic N) is 2. The molecule has 1 saturated heterocycles. The van der Waals surface area contributed by atoms with Gasteiger partial charge in [0.25, 0.3) is 11.3 Å². The predicted octanol–water partition coefficient (Wildman–Crippen LogP) is -2.64. The van der Waals surface area contributed by atoms with Gasteiger partial charge < -0.3 is 25.4 Å². The summed E-state index contributed by atoms with van der Waals surface area (Å²) in [4.78, 5) is 36.9. The number of aliphatic hydroxyl groups excluding tert-OH is 2. The van der Waals surface area contributed by atoms with E-state index >= 15 is 0 Å². The minimum absolute atomic E-state index is 0.180. The fraction of sp³-hybridized carbons (Fsp3) is 0.600. The molecule has 1 aromatic heterocycles. The highest BCUT2D eigenvalue weighted by molar-refractivity contribution is 5.75. The van der Waals surface area contributed by atoms with E-state index in [2.05, 4.69) is 0 Å². The minimum Gasteiger partial charge on any atom is -0.462 e. The molecule has 2 heterocycles. The minimum atomic E-state index is -2.29. The molecule has 0 radical (unpaired) electrons. The number of H-pyrrole nitrogens is 1. The molecule has 5 atom stereocenters. The Bertz CT molecular complexity index is 826. The predicted molar refractivity (Wildman–Crippen MR) is 85.6 cm³/mol. The number of rotatable bonds is 5. The number of carbonyl (C=O) groups is 1. The summed E-state index contributed by atoms with van der Waals surface area (Å²) in [6.07, 6.45) is -3.79. The molecular formula is C15H20N4O7. The highest BCUT2D eigenvalue weighted by Gasteiger charge is 2.57. The van der Waals surface area contributed by atoms with Crippen molar-refractivity contribution in [3.05, 3.63) is 33.1 Å². The van der Waals surface area contributed by atoms with E-state index < -0.39 is 53.9 Å². The number of ether oxygens (including phenoxy) is 2. The van der Waals surface area contributed by atoms with E-state index in [1.165, 1.54) is 0 Å². The number of carbonyl (C=O) groups excluding carboxylic acids is 1. The lowest BCUT2D eigenvalue weighted by Gasteiger charge is -2.26. The molecule has 2 unspecified atom stereocenters. The second kappa shape index (κ2) is 7.38. The van der Waals surface area contributed by atoms with Crippen molar-refractivity contribution in [1.29, 1.82) is 5.26 Å². The van der Waals surface area contributed by atoms with Crippen LogP contribution in [0.1, 0.15) is 13.8 Å². The standard InChI is InChI=1S/C15H20N4O7/c1-7(2)10(17)13(23)25-5-8-11(21)12(22)15(6-16,26-8)19-4-3-9(20)18-14(19)24/h3-4,7-8,10-12,21-22H,5,17H2,1-2H3,(H,18,20,24)/t8-,10+,11?,12?,15-/m1/s1. The maximum Gasteiger partial charge on any atom is 0.331 e. The van der Waals surface area contributed by atoms with Gasteiger partial charge in [0.05, 0.1) is 0 Å². The first-order valence-electron chi connectivity index (χ1n) is 7.84. The number of aromatic amines is 1. The molecule has 142 valence electrons. The highest BCUT2D eigenvalue weighted by atomic mass is 16.6. The van der Waals surface area contributed by atoms with Crippen molar-refractivity contribution < 1.29 is 24.5 Å². The lowest BCUT2D eigenvalue weighted by molar-refractivity contribution is -0.156. The maximum atomic E-state index is 12.0. The molecule has 0 bridgehead atoms. The zero-order valence-electron chi connectivity index (χ0n) is 14.2. The van der Waals surface area contributed by atoms with Crippen LogP contribution in [0.25, 0.3) is 0 Å². The fourth-order valence-corrected chi connectivity index (χ4v) is 2.49. The molecule has 11 heteroatoms. The van der Waals surface area contributed by atoms with Crippen molar-refractivity contribution in [2.24, 2.45) is 11.7 Å². The summed E-state index contributed by atoms with van der Waals surface area (Å²) in [6, 6.07) is 1.70. The Balaban J connectivity index is 2.25. The third-order valence-corrected chi connectivity index (χ3v) is 4.16. The van der Waals surface area contributed by atoms with Crippen molar-refractivity contribution >= 4 is 5.97 Å². The molecule has 1 aromatic rings. The van der Waals surface area contributed by atoms with Crippen LogP contribution in [0, 0.1) is 17.2 Å². The van der Waals surface area contributed by atoms with Crippen LogP contribution >= 0.6 is 0 Å². The number of nitrogens with two attached hydrogens (primary N) is 1. The SMILES string of the molecule is CC(C)[C@H](N)C(=O)OC[C@H]1O[C@@](C#N)(n2ccc(=O)[nH]c2=O)C(O)C1O. The van der Waals surface area contributed by atoms with Gasteiger partial charge >= 0.3 is 11.7 Å². The Kier molecular flexibility index (Phi) is 5.62. The van der Waals surface area contributed by atoms with Gasteiger partial charge in [0.1, 0.15) is 37.0 Å². The summed E-state index contributed by atoms with van der Waals surface area (Å²) < 4.78 is 11.0. The van der Waals surface area contributed by atoms with Crippen molar-refractivity contribution in [2.75, 3.05) is 6.61 Å². The first-order valence-corrected chi connectivity index (χ1v) is 7.84. The van der Waals surface area contributed by atoms with Crippen molar-refractivity contribution in [3.8, 4) is 6.07 Å². The van der Waals surface area contributed by atoms with Gasteiger partial charge in [-0.25, -0.2) is 4.79 Å². The van der Waals surface area contributed by atoms with Gasteiger partial charge in [-0.3, -0.25) is 19.1 Å². The zero-order chi connectivity index (χ0) is 19.6. The molecule has 2 rings (SSSR count). The average molecular weight is 368 g/mol. The molecule has 1 aliphatic rings. The summed E-state index contributed by atoms with van der Waals surface area (Å²) in [5, 5.41) is 29.9. The maximum absolute atomic E-state index is 12.0. The number of aromatic nitrogens is 2. The van der Waals surface area contributed by atoms with Crippen LogP contribution in [-0.4, -0.2) is 56.7 Å². The second-order valence-electron chi connectivity index (χ2n) is 6.28. The molecule has 26 heavy (non-hydrogen) atoms. The van der Waals surface area contributed by atoms with E-state index in [1.54, 1.807) is 19.9 Å².